The Labute approximate surface area is 98.5 Å². The summed E-state index contributed by atoms with van der Waals surface area (Å²) in [6.07, 6.45) is 9.30. The van der Waals surface area contributed by atoms with Crippen LogP contribution in [0.3, 0.4) is 0 Å². The van der Waals surface area contributed by atoms with Gasteiger partial charge < -0.3 is 5.32 Å². The third-order valence-corrected chi connectivity index (χ3v) is 3.54. The van der Waals surface area contributed by atoms with E-state index in [9.17, 15) is 0 Å². The molecular weight excluding hydrogens is 196 g/mol. The molecule has 1 saturated carbocycles. The molecule has 1 fully saturated rings. The van der Waals surface area contributed by atoms with Crippen LogP contribution in [0.5, 0.6) is 0 Å². The Balaban J connectivity index is 1.79. The highest BCUT2D eigenvalue weighted by Gasteiger charge is 2.17. The SMILES string of the molecule is Cc1cncc(CNC2CCC(C)CC2)c1. The van der Waals surface area contributed by atoms with Crippen molar-refractivity contribution in [3.8, 4) is 0 Å². The molecule has 1 aliphatic carbocycles. The summed E-state index contributed by atoms with van der Waals surface area (Å²) in [4.78, 5) is 4.22. The van der Waals surface area contributed by atoms with Gasteiger partial charge in [-0.25, -0.2) is 0 Å². The first kappa shape index (κ1) is 11.6. The molecule has 88 valence electrons. The molecule has 0 bridgehead atoms. The van der Waals surface area contributed by atoms with Crippen LogP contribution in [-0.4, -0.2) is 11.0 Å². The fourth-order valence-electron chi connectivity index (χ4n) is 2.44. The topological polar surface area (TPSA) is 24.9 Å². The van der Waals surface area contributed by atoms with E-state index in [4.69, 9.17) is 0 Å². The third kappa shape index (κ3) is 3.31. The van der Waals surface area contributed by atoms with Gasteiger partial charge in [0.1, 0.15) is 0 Å². The van der Waals surface area contributed by atoms with E-state index in [0.717, 1.165) is 18.5 Å². The number of aryl methyl sites for hydroxylation is 1. The molecule has 0 atom stereocenters. The number of pyridine rings is 1. The first-order chi connectivity index (χ1) is 7.74. The Hall–Kier alpha value is -0.890. The van der Waals surface area contributed by atoms with Gasteiger partial charge in [0.25, 0.3) is 0 Å². The van der Waals surface area contributed by atoms with Gasteiger partial charge in [0.15, 0.2) is 0 Å². The molecule has 1 N–H and O–H groups in total. The van der Waals surface area contributed by atoms with Crippen LogP contribution in [0.4, 0.5) is 0 Å². The third-order valence-electron chi connectivity index (χ3n) is 3.54. The summed E-state index contributed by atoms with van der Waals surface area (Å²) in [6, 6.07) is 2.93. The van der Waals surface area contributed by atoms with Gasteiger partial charge in [-0.2, -0.15) is 0 Å². The quantitative estimate of drug-likeness (QED) is 0.843. The second kappa shape index (κ2) is 5.44. The zero-order valence-corrected chi connectivity index (χ0v) is 10.4. The van der Waals surface area contributed by atoms with Crippen molar-refractivity contribution in [2.75, 3.05) is 0 Å². The van der Waals surface area contributed by atoms with E-state index in [0.29, 0.717) is 0 Å². The summed E-state index contributed by atoms with van der Waals surface area (Å²) in [5.74, 6) is 0.929. The second-order valence-electron chi connectivity index (χ2n) is 5.21. The molecule has 16 heavy (non-hydrogen) atoms. The molecule has 2 heteroatoms. The monoisotopic (exact) mass is 218 g/mol. The van der Waals surface area contributed by atoms with E-state index in [1.807, 2.05) is 12.4 Å². The Kier molecular flexibility index (Phi) is 3.94. The maximum atomic E-state index is 4.22. The largest absolute Gasteiger partial charge is 0.310 e. The van der Waals surface area contributed by atoms with Crippen LogP contribution >= 0.6 is 0 Å². The second-order valence-corrected chi connectivity index (χ2v) is 5.21. The van der Waals surface area contributed by atoms with Gasteiger partial charge in [-0.1, -0.05) is 13.0 Å². The van der Waals surface area contributed by atoms with Gasteiger partial charge in [-0.15, -0.1) is 0 Å². The van der Waals surface area contributed by atoms with Crippen LogP contribution in [0, 0.1) is 12.8 Å². The van der Waals surface area contributed by atoms with Gasteiger partial charge in [0.2, 0.25) is 0 Å². The number of hydrogen-bond acceptors (Lipinski definition) is 2. The van der Waals surface area contributed by atoms with Crippen molar-refractivity contribution in [3.63, 3.8) is 0 Å². The fraction of sp³-hybridized carbons (Fsp3) is 0.643. The van der Waals surface area contributed by atoms with Gasteiger partial charge in [-0.05, 0) is 49.7 Å². The van der Waals surface area contributed by atoms with Crippen LogP contribution in [0.25, 0.3) is 0 Å². The molecule has 2 rings (SSSR count). The van der Waals surface area contributed by atoms with Crippen LogP contribution in [0.2, 0.25) is 0 Å². The number of rotatable bonds is 3. The standard InChI is InChI=1S/C14H22N2/c1-11-3-5-14(6-4-11)16-10-13-7-12(2)8-15-9-13/h7-9,11,14,16H,3-6,10H2,1-2H3. The Bertz CT molecular complexity index is 327. The Morgan fingerprint density at radius 3 is 2.69 bits per heavy atom. The van der Waals surface area contributed by atoms with Crippen molar-refractivity contribution in [1.29, 1.82) is 0 Å². The molecule has 1 heterocycles. The van der Waals surface area contributed by atoms with Crippen LogP contribution in [0.1, 0.15) is 43.7 Å². The highest BCUT2D eigenvalue weighted by atomic mass is 14.9. The molecule has 0 unspecified atom stereocenters. The van der Waals surface area contributed by atoms with Crippen molar-refractivity contribution >= 4 is 0 Å². The normalized spacial score (nSPS) is 25.6. The maximum Gasteiger partial charge on any atom is 0.0313 e. The van der Waals surface area contributed by atoms with Crippen LogP contribution in [-0.2, 0) is 6.54 Å². The number of hydrogen-bond donors (Lipinski definition) is 1. The highest BCUT2D eigenvalue weighted by molar-refractivity contribution is 5.16. The lowest BCUT2D eigenvalue weighted by Crippen LogP contribution is -2.32. The van der Waals surface area contributed by atoms with E-state index in [2.05, 4.69) is 30.2 Å². The minimum Gasteiger partial charge on any atom is -0.310 e. The lowest BCUT2D eigenvalue weighted by molar-refractivity contribution is 0.306. The van der Waals surface area contributed by atoms with Crippen molar-refractivity contribution in [3.05, 3.63) is 29.6 Å². The summed E-state index contributed by atoms with van der Waals surface area (Å²) >= 11 is 0. The predicted octanol–water partition coefficient (Wildman–Crippen LogP) is 3.06. The zero-order chi connectivity index (χ0) is 11.4. The smallest absolute Gasteiger partial charge is 0.0313 e. The lowest BCUT2D eigenvalue weighted by atomic mass is 9.87. The molecule has 2 nitrogen and oxygen atoms in total. The minimum atomic E-state index is 0.719. The van der Waals surface area contributed by atoms with Gasteiger partial charge >= 0.3 is 0 Å². The number of nitrogens with zero attached hydrogens (tertiary/aromatic N) is 1. The zero-order valence-electron chi connectivity index (χ0n) is 10.4. The lowest BCUT2D eigenvalue weighted by Gasteiger charge is -2.27. The van der Waals surface area contributed by atoms with Crippen LogP contribution < -0.4 is 5.32 Å². The summed E-state index contributed by atoms with van der Waals surface area (Å²) in [7, 11) is 0. The summed E-state index contributed by atoms with van der Waals surface area (Å²) in [5, 5.41) is 3.65. The van der Waals surface area contributed by atoms with Gasteiger partial charge in [-0.3, -0.25) is 4.98 Å². The van der Waals surface area contributed by atoms with Crippen LogP contribution in [0.15, 0.2) is 18.5 Å². The average molecular weight is 218 g/mol. The summed E-state index contributed by atoms with van der Waals surface area (Å²) < 4.78 is 0. The number of nitrogens with one attached hydrogen (secondary N) is 1. The van der Waals surface area contributed by atoms with Gasteiger partial charge in [0, 0.05) is 25.0 Å². The molecule has 0 aromatic carbocycles. The van der Waals surface area contributed by atoms with E-state index in [1.165, 1.54) is 36.8 Å². The molecule has 0 aliphatic heterocycles. The Morgan fingerprint density at radius 1 is 1.25 bits per heavy atom. The first-order valence-electron chi connectivity index (χ1n) is 6.38. The molecular formula is C14H22N2. The molecule has 0 amide bonds. The summed E-state index contributed by atoms with van der Waals surface area (Å²) in [6.45, 7) is 5.42. The van der Waals surface area contributed by atoms with Crippen molar-refractivity contribution in [1.82, 2.24) is 10.3 Å². The molecule has 0 saturated heterocycles. The van der Waals surface area contributed by atoms with E-state index >= 15 is 0 Å². The van der Waals surface area contributed by atoms with E-state index in [-0.39, 0.29) is 0 Å². The molecule has 0 radical (unpaired) electrons. The minimum absolute atomic E-state index is 0.719. The average Bonchev–Trinajstić information content (AvgIpc) is 2.28. The van der Waals surface area contributed by atoms with Gasteiger partial charge in [0.05, 0.1) is 0 Å². The first-order valence-corrected chi connectivity index (χ1v) is 6.38. The fourth-order valence-corrected chi connectivity index (χ4v) is 2.44. The van der Waals surface area contributed by atoms with E-state index in [1.54, 1.807) is 0 Å². The van der Waals surface area contributed by atoms with Crippen molar-refractivity contribution in [2.45, 2.75) is 52.1 Å². The highest BCUT2D eigenvalue weighted by Crippen LogP contribution is 2.23. The van der Waals surface area contributed by atoms with Crippen molar-refractivity contribution in [2.24, 2.45) is 5.92 Å². The molecule has 1 aromatic rings. The predicted molar refractivity (Wildman–Crippen MR) is 67.2 cm³/mol. The number of aromatic nitrogens is 1. The molecule has 1 aromatic heterocycles. The molecule has 0 spiro atoms. The Morgan fingerprint density at radius 2 is 2.00 bits per heavy atom. The summed E-state index contributed by atoms with van der Waals surface area (Å²) in [5.41, 5.74) is 2.55. The maximum absolute atomic E-state index is 4.22. The van der Waals surface area contributed by atoms with Crippen molar-refractivity contribution < 1.29 is 0 Å². The molecule has 1 aliphatic rings. The van der Waals surface area contributed by atoms with E-state index < -0.39 is 0 Å².